The van der Waals surface area contributed by atoms with Gasteiger partial charge in [-0.2, -0.15) is 4.91 Å². The topological polar surface area (TPSA) is 122 Å². The van der Waals surface area contributed by atoms with Crippen LogP contribution in [0.4, 0.5) is 0 Å². The van der Waals surface area contributed by atoms with Crippen molar-refractivity contribution in [3.8, 4) is 17.0 Å². The van der Waals surface area contributed by atoms with Crippen molar-refractivity contribution < 1.29 is 9.90 Å². The van der Waals surface area contributed by atoms with Crippen LogP contribution in [0, 0.1) is 10.8 Å². The van der Waals surface area contributed by atoms with E-state index in [0.29, 0.717) is 40.0 Å². The van der Waals surface area contributed by atoms with Crippen LogP contribution in [0.15, 0.2) is 41.5 Å². The third kappa shape index (κ3) is 3.83. The van der Waals surface area contributed by atoms with Gasteiger partial charge >= 0.3 is 0 Å². The van der Waals surface area contributed by atoms with Gasteiger partial charge in [0, 0.05) is 23.9 Å². The van der Waals surface area contributed by atoms with Gasteiger partial charge in [0.05, 0.1) is 12.2 Å². The minimum absolute atomic E-state index is 0.00288. The molecule has 1 aliphatic carbocycles. The van der Waals surface area contributed by atoms with Crippen molar-refractivity contribution in [1.29, 1.82) is 0 Å². The monoisotopic (exact) mass is 393 g/mol. The molecular formula is C21H23N5O3. The fourth-order valence-electron chi connectivity index (χ4n) is 4.13. The van der Waals surface area contributed by atoms with Crippen LogP contribution in [-0.4, -0.2) is 38.8 Å². The molecule has 0 amide bonds. The fraction of sp³-hybridized carbons (Fsp3) is 0.381. The second-order valence-electron chi connectivity index (χ2n) is 7.61. The highest BCUT2D eigenvalue weighted by atomic mass is 16.3. The molecule has 1 aromatic carbocycles. The number of aromatic hydroxyl groups is 1. The standard InChI is InChI=1S/C21H23N5O3/c22-20-19(18(28)12-26(20)11-13-3-1-2-4-13)21-23-8-7-16(25-21)14-5-6-17(27)15(9-14)10-24-29/h5-9,13,27H,1-4,10-12,22H2. The molecule has 1 aromatic heterocycles. The van der Waals surface area contributed by atoms with Crippen LogP contribution in [0.25, 0.3) is 16.8 Å². The molecule has 1 saturated carbocycles. The van der Waals surface area contributed by atoms with Crippen molar-refractivity contribution in [3.63, 3.8) is 0 Å². The summed E-state index contributed by atoms with van der Waals surface area (Å²) in [6, 6.07) is 6.55. The summed E-state index contributed by atoms with van der Waals surface area (Å²) >= 11 is 0. The normalized spacial score (nSPS) is 17.4. The molecule has 1 aliphatic heterocycles. The van der Waals surface area contributed by atoms with Gasteiger partial charge in [-0.3, -0.25) is 4.79 Å². The lowest BCUT2D eigenvalue weighted by molar-refractivity contribution is -0.113. The average molecular weight is 393 g/mol. The van der Waals surface area contributed by atoms with E-state index in [9.17, 15) is 14.8 Å². The van der Waals surface area contributed by atoms with Gasteiger partial charge in [0.1, 0.15) is 23.7 Å². The minimum Gasteiger partial charge on any atom is -0.508 e. The van der Waals surface area contributed by atoms with E-state index >= 15 is 0 Å². The highest BCUT2D eigenvalue weighted by Crippen LogP contribution is 2.31. The van der Waals surface area contributed by atoms with Crippen LogP contribution in [0.2, 0.25) is 0 Å². The Morgan fingerprint density at radius 2 is 2.03 bits per heavy atom. The second kappa shape index (κ2) is 7.98. The van der Waals surface area contributed by atoms with Gasteiger partial charge in [0.25, 0.3) is 0 Å². The Hall–Kier alpha value is -3.29. The maximum atomic E-state index is 12.7. The molecule has 8 nitrogen and oxygen atoms in total. The number of nitrogens with zero attached hydrogens (tertiary/aromatic N) is 4. The molecule has 3 N–H and O–H groups in total. The first-order chi connectivity index (χ1) is 14.1. The second-order valence-corrected chi connectivity index (χ2v) is 7.61. The third-order valence-electron chi connectivity index (χ3n) is 5.65. The molecule has 1 fully saturated rings. The molecule has 29 heavy (non-hydrogen) atoms. The summed E-state index contributed by atoms with van der Waals surface area (Å²) in [5, 5.41) is 12.7. The van der Waals surface area contributed by atoms with Crippen LogP contribution in [-0.2, 0) is 11.3 Å². The summed E-state index contributed by atoms with van der Waals surface area (Å²) in [6.07, 6.45) is 6.41. The first kappa shape index (κ1) is 19.0. The quantitative estimate of drug-likeness (QED) is 0.724. The van der Waals surface area contributed by atoms with E-state index in [1.54, 1.807) is 24.4 Å². The first-order valence-electron chi connectivity index (χ1n) is 9.79. The largest absolute Gasteiger partial charge is 0.508 e. The number of phenols is 1. The molecule has 2 aromatic rings. The van der Waals surface area contributed by atoms with Crippen LogP contribution in [0.3, 0.4) is 0 Å². The van der Waals surface area contributed by atoms with Crippen molar-refractivity contribution >= 4 is 11.4 Å². The summed E-state index contributed by atoms with van der Waals surface area (Å²) in [4.78, 5) is 34.0. The summed E-state index contributed by atoms with van der Waals surface area (Å²) in [6.45, 7) is 0.921. The number of carbonyl (C=O) groups is 1. The van der Waals surface area contributed by atoms with Crippen LogP contribution >= 0.6 is 0 Å². The fourth-order valence-corrected chi connectivity index (χ4v) is 4.13. The maximum absolute atomic E-state index is 12.7. The van der Waals surface area contributed by atoms with E-state index in [1.807, 2.05) is 4.90 Å². The van der Waals surface area contributed by atoms with Crippen LogP contribution in [0.5, 0.6) is 5.75 Å². The predicted octanol–water partition coefficient (Wildman–Crippen LogP) is 2.82. The Kier molecular flexibility index (Phi) is 5.24. The van der Waals surface area contributed by atoms with Gasteiger partial charge in [-0.15, -0.1) is 0 Å². The lowest BCUT2D eigenvalue weighted by atomic mass is 10.1. The number of aromatic nitrogens is 2. The molecule has 0 radical (unpaired) electrons. The zero-order valence-electron chi connectivity index (χ0n) is 16.0. The Bertz CT molecular complexity index is 982. The number of carbonyl (C=O) groups excluding carboxylic acids is 1. The average Bonchev–Trinajstić information content (AvgIpc) is 3.32. The predicted molar refractivity (Wildman–Crippen MR) is 108 cm³/mol. The van der Waals surface area contributed by atoms with Crippen molar-refractivity contribution in [2.24, 2.45) is 16.8 Å². The molecular weight excluding hydrogens is 370 g/mol. The van der Waals surface area contributed by atoms with Gasteiger partial charge in [-0.25, -0.2) is 9.97 Å². The minimum atomic E-state index is -0.135. The number of benzene rings is 1. The Balaban J connectivity index is 1.64. The van der Waals surface area contributed by atoms with Gasteiger partial charge < -0.3 is 15.7 Å². The van der Waals surface area contributed by atoms with Crippen LogP contribution < -0.4 is 5.73 Å². The number of hydrogen-bond acceptors (Lipinski definition) is 8. The third-order valence-corrected chi connectivity index (χ3v) is 5.65. The number of hydrogen-bond donors (Lipinski definition) is 2. The number of phenolic OH excluding ortho intramolecular Hbond substituents is 1. The molecule has 8 heteroatoms. The Morgan fingerprint density at radius 1 is 1.24 bits per heavy atom. The molecule has 0 spiro atoms. The number of nitroso groups, excluding NO2 is 1. The van der Waals surface area contributed by atoms with Crippen LogP contribution in [0.1, 0.15) is 37.1 Å². The van der Waals surface area contributed by atoms with Crippen molar-refractivity contribution in [2.45, 2.75) is 32.2 Å². The van der Waals surface area contributed by atoms with Crippen molar-refractivity contribution in [2.75, 3.05) is 13.1 Å². The molecule has 0 saturated heterocycles. The highest BCUT2D eigenvalue weighted by molar-refractivity contribution is 6.23. The van der Waals surface area contributed by atoms with E-state index in [-0.39, 0.29) is 24.6 Å². The number of ketones is 1. The van der Waals surface area contributed by atoms with E-state index in [1.165, 1.54) is 31.7 Å². The smallest absolute Gasteiger partial charge is 0.189 e. The van der Waals surface area contributed by atoms with E-state index < -0.39 is 0 Å². The molecule has 150 valence electrons. The molecule has 2 heterocycles. The van der Waals surface area contributed by atoms with E-state index in [4.69, 9.17) is 5.73 Å². The van der Waals surface area contributed by atoms with Crippen molar-refractivity contribution in [3.05, 3.63) is 52.6 Å². The molecule has 0 unspecified atom stereocenters. The number of nitrogens with two attached hydrogens (primary N) is 1. The molecule has 0 atom stereocenters. The van der Waals surface area contributed by atoms with Gasteiger partial charge in [0.2, 0.25) is 0 Å². The Labute approximate surface area is 168 Å². The Morgan fingerprint density at radius 3 is 2.79 bits per heavy atom. The highest BCUT2D eigenvalue weighted by Gasteiger charge is 2.32. The molecule has 0 bridgehead atoms. The summed E-state index contributed by atoms with van der Waals surface area (Å²) in [5.74, 6) is 1.24. The van der Waals surface area contributed by atoms with E-state index in [0.717, 1.165) is 6.54 Å². The van der Waals surface area contributed by atoms with Gasteiger partial charge in [-0.1, -0.05) is 18.0 Å². The lowest BCUT2D eigenvalue weighted by Crippen LogP contribution is -2.30. The molecule has 4 rings (SSSR count). The summed E-state index contributed by atoms with van der Waals surface area (Å²) in [7, 11) is 0. The first-order valence-corrected chi connectivity index (χ1v) is 9.79. The number of Topliss-reactive ketones (excluding diaryl/α,β-unsaturated/α-hetero) is 1. The SMILES string of the molecule is NC1=C(c2nccc(-c3ccc(O)c(CN=O)c3)n2)C(=O)CN1CC1CCCC1. The van der Waals surface area contributed by atoms with Gasteiger partial charge in [0.15, 0.2) is 11.6 Å². The summed E-state index contributed by atoms with van der Waals surface area (Å²) < 4.78 is 0. The van der Waals surface area contributed by atoms with E-state index in [2.05, 4.69) is 15.1 Å². The molecule has 2 aliphatic rings. The maximum Gasteiger partial charge on any atom is 0.189 e. The zero-order valence-corrected chi connectivity index (χ0v) is 16.0. The summed E-state index contributed by atoms with van der Waals surface area (Å²) in [5.41, 5.74) is 8.36. The lowest BCUT2D eigenvalue weighted by Gasteiger charge is -2.22. The number of rotatable bonds is 6. The van der Waals surface area contributed by atoms with Crippen molar-refractivity contribution in [1.82, 2.24) is 14.9 Å². The van der Waals surface area contributed by atoms with Gasteiger partial charge in [-0.05, 0) is 43.0 Å². The zero-order chi connectivity index (χ0) is 20.4.